The molecular formula is C13H17N5O2. The summed E-state index contributed by atoms with van der Waals surface area (Å²) < 4.78 is 5.59. The fourth-order valence-corrected chi connectivity index (χ4v) is 2.23. The number of imidazole rings is 1. The van der Waals surface area contributed by atoms with E-state index in [1.54, 1.807) is 12.3 Å². The molecule has 3 rings (SSSR count). The predicted molar refractivity (Wildman–Crippen MR) is 73.5 cm³/mol. The third-order valence-electron chi connectivity index (χ3n) is 3.30. The lowest BCUT2D eigenvalue weighted by atomic mass is 10.3. The van der Waals surface area contributed by atoms with E-state index in [0.717, 1.165) is 18.6 Å². The molecule has 2 aromatic rings. The Bertz CT molecular complexity index is 579. The van der Waals surface area contributed by atoms with Gasteiger partial charge in [-0.25, -0.2) is 9.97 Å². The maximum atomic E-state index is 12.0. The van der Waals surface area contributed by atoms with Crippen LogP contribution in [0.1, 0.15) is 10.6 Å². The second-order valence-corrected chi connectivity index (χ2v) is 4.93. The molecule has 1 atom stereocenters. The number of rotatable bonds is 3. The Kier molecular flexibility index (Phi) is 3.62. The van der Waals surface area contributed by atoms with Crippen LogP contribution in [0.25, 0.3) is 11.2 Å². The monoisotopic (exact) mass is 275 g/mol. The first kappa shape index (κ1) is 13.0. The van der Waals surface area contributed by atoms with Gasteiger partial charge in [0, 0.05) is 25.8 Å². The van der Waals surface area contributed by atoms with Crippen LogP contribution in [0.15, 0.2) is 18.3 Å². The molecule has 2 aromatic heterocycles. The lowest BCUT2D eigenvalue weighted by Gasteiger charge is -2.29. The molecule has 0 unspecified atom stereocenters. The molecule has 0 aromatic carbocycles. The number of morpholine rings is 1. The first-order valence-electron chi connectivity index (χ1n) is 6.61. The van der Waals surface area contributed by atoms with Gasteiger partial charge in [0.25, 0.3) is 5.91 Å². The molecule has 1 saturated heterocycles. The highest BCUT2D eigenvalue weighted by Crippen LogP contribution is 2.07. The Labute approximate surface area is 116 Å². The van der Waals surface area contributed by atoms with E-state index < -0.39 is 0 Å². The number of H-pyrrole nitrogens is 1. The third kappa shape index (κ3) is 2.78. The number of carbonyl (C=O) groups excluding carboxylic acids is 1. The van der Waals surface area contributed by atoms with E-state index in [1.165, 1.54) is 0 Å². The minimum Gasteiger partial charge on any atom is -0.374 e. The molecule has 0 saturated carbocycles. The summed E-state index contributed by atoms with van der Waals surface area (Å²) in [6, 6.07) is 3.64. The molecule has 2 N–H and O–H groups in total. The molecule has 3 heterocycles. The maximum absolute atomic E-state index is 12.0. The summed E-state index contributed by atoms with van der Waals surface area (Å²) in [6.45, 7) is 2.93. The SMILES string of the molecule is CN1CCO[C@H](CNC(=O)c2nc3ncccc3[nH]2)C1. The Morgan fingerprint density at radius 1 is 1.65 bits per heavy atom. The van der Waals surface area contributed by atoms with E-state index in [4.69, 9.17) is 4.74 Å². The first-order valence-corrected chi connectivity index (χ1v) is 6.61. The van der Waals surface area contributed by atoms with E-state index in [2.05, 4.69) is 25.2 Å². The maximum Gasteiger partial charge on any atom is 0.287 e. The van der Waals surface area contributed by atoms with Gasteiger partial charge in [-0.15, -0.1) is 0 Å². The van der Waals surface area contributed by atoms with Crippen LogP contribution in [0, 0.1) is 0 Å². The van der Waals surface area contributed by atoms with Crippen molar-refractivity contribution in [3.05, 3.63) is 24.2 Å². The number of amides is 1. The van der Waals surface area contributed by atoms with Gasteiger partial charge in [-0.2, -0.15) is 0 Å². The molecule has 0 aliphatic carbocycles. The zero-order chi connectivity index (χ0) is 13.9. The molecule has 7 nitrogen and oxygen atoms in total. The zero-order valence-electron chi connectivity index (χ0n) is 11.3. The standard InChI is InChI=1S/C13H17N5O2/c1-18-5-6-20-9(8-18)7-15-13(19)12-16-10-3-2-4-14-11(10)17-12/h2-4,9H,5-8H2,1H3,(H,15,19)(H,14,16,17)/t9-/m1/s1. The Morgan fingerprint density at radius 3 is 3.35 bits per heavy atom. The normalized spacial score (nSPS) is 20.1. The number of aromatic nitrogens is 3. The summed E-state index contributed by atoms with van der Waals surface area (Å²) in [7, 11) is 2.04. The molecule has 1 amide bonds. The van der Waals surface area contributed by atoms with Gasteiger partial charge >= 0.3 is 0 Å². The minimum atomic E-state index is -0.236. The largest absolute Gasteiger partial charge is 0.374 e. The summed E-state index contributed by atoms with van der Waals surface area (Å²) in [5.41, 5.74) is 1.30. The van der Waals surface area contributed by atoms with Gasteiger partial charge in [0.1, 0.15) is 0 Å². The molecule has 7 heteroatoms. The highest BCUT2D eigenvalue weighted by Gasteiger charge is 2.19. The lowest BCUT2D eigenvalue weighted by Crippen LogP contribution is -2.46. The Morgan fingerprint density at radius 2 is 2.55 bits per heavy atom. The predicted octanol–water partition coefficient (Wildman–Crippen LogP) is 0.0183. The van der Waals surface area contributed by atoms with Crippen molar-refractivity contribution in [2.75, 3.05) is 33.3 Å². The van der Waals surface area contributed by atoms with Gasteiger partial charge < -0.3 is 19.9 Å². The molecule has 1 aliphatic rings. The smallest absolute Gasteiger partial charge is 0.287 e. The fourth-order valence-electron chi connectivity index (χ4n) is 2.23. The van der Waals surface area contributed by atoms with Crippen molar-refractivity contribution in [1.29, 1.82) is 0 Å². The number of likely N-dealkylation sites (N-methyl/N-ethyl adjacent to an activating group) is 1. The number of hydrogen-bond acceptors (Lipinski definition) is 5. The summed E-state index contributed by atoms with van der Waals surface area (Å²) in [5.74, 6) is 0.0442. The molecule has 0 radical (unpaired) electrons. The van der Waals surface area contributed by atoms with E-state index >= 15 is 0 Å². The van der Waals surface area contributed by atoms with E-state index in [1.807, 2.05) is 13.1 Å². The molecule has 0 spiro atoms. The van der Waals surface area contributed by atoms with Crippen LogP contribution in [-0.4, -0.2) is 65.2 Å². The molecule has 1 fully saturated rings. The average Bonchev–Trinajstić information content (AvgIpc) is 2.89. The van der Waals surface area contributed by atoms with E-state index in [9.17, 15) is 4.79 Å². The number of ether oxygens (including phenoxy) is 1. The van der Waals surface area contributed by atoms with Crippen molar-refractivity contribution in [1.82, 2.24) is 25.2 Å². The van der Waals surface area contributed by atoms with E-state index in [0.29, 0.717) is 18.8 Å². The second kappa shape index (κ2) is 5.56. The molecule has 20 heavy (non-hydrogen) atoms. The molecule has 0 bridgehead atoms. The van der Waals surface area contributed by atoms with Crippen molar-refractivity contribution in [3.63, 3.8) is 0 Å². The van der Waals surface area contributed by atoms with Gasteiger partial charge in [-0.05, 0) is 19.2 Å². The molecular weight excluding hydrogens is 258 g/mol. The van der Waals surface area contributed by atoms with Gasteiger partial charge in [0.15, 0.2) is 11.5 Å². The Hall–Kier alpha value is -1.99. The van der Waals surface area contributed by atoms with Crippen molar-refractivity contribution in [3.8, 4) is 0 Å². The van der Waals surface area contributed by atoms with Crippen molar-refractivity contribution < 1.29 is 9.53 Å². The third-order valence-corrected chi connectivity index (χ3v) is 3.30. The number of nitrogens with zero attached hydrogens (tertiary/aromatic N) is 3. The van der Waals surface area contributed by atoms with Gasteiger partial charge in [-0.1, -0.05) is 0 Å². The number of fused-ring (bicyclic) bond motifs is 1. The van der Waals surface area contributed by atoms with Gasteiger partial charge in [-0.3, -0.25) is 4.79 Å². The molecule has 106 valence electrons. The van der Waals surface area contributed by atoms with Crippen LogP contribution >= 0.6 is 0 Å². The number of carbonyl (C=O) groups is 1. The highest BCUT2D eigenvalue weighted by molar-refractivity contribution is 5.93. The average molecular weight is 275 g/mol. The van der Waals surface area contributed by atoms with Crippen molar-refractivity contribution >= 4 is 17.1 Å². The summed E-state index contributed by atoms with van der Waals surface area (Å²) in [6.07, 6.45) is 1.68. The van der Waals surface area contributed by atoms with Crippen LogP contribution in [0.4, 0.5) is 0 Å². The van der Waals surface area contributed by atoms with Crippen LogP contribution in [0.3, 0.4) is 0 Å². The number of hydrogen-bond donors (Lipinski definition) is 2. The summed E-state index contributed by atoms with van der Waals surface area (Å²) in [5, 5.41) is 2.84. The highest BCUT2D eigenvalue weighted by atomic mass is 16.5. The van der Waals surface area contributed by atoms with Crippen molar-refractivity contribution in [2.24, 2.45) is 0 Å². The van der Waals surface area contributed by atoms with E-state index in [-0.39, 0.29) is 17.8 Å². The summed E-state index contributed by atoms with van der Waals surface area (Å²) in [4.78, 5) is 25.4. The fraction of sp³-hybridized carbons (Fsp3) is 0.462. The van der Waals surface area contributed by atoms with Crippen molar-refractivity contribution in [2.45, 2.75) is 6.10 Å². The Balaban J connectivity index is 1.61. The van der Waals surface area contributed by atoms with Crippen LogP contribution in [0.2, 0.25) is 0 Å². The van der Waals surface area contributed by atoms with Gasteiger partial charge in [0.05, 0.1) is 18.2 Å². The lowest BCUT2D eigenvalue weighted by molar-refractivity contribution is -0.0175. The molecule has 1 aliphatic heterocycles. The number of nitrogens with one attached hydrogen (secondary N) is 2. The number of aromatic amines is 1. The van der Waals surface area contributed by atoms with Crippen LogP contribution < -0.4 is 5.32 Å². The quantitative estimate of drug-likeness (QED) is 0.825. The first-order chi connectivity index (χ1) is 9.72. The number of pyridine rings is 1. The zero-order valence-corrected chi connectivity index (χ0v) is 11.3. The van der Waals surface area contributed by atoms with Gasteiger partial charge in [0.2, 0.25) is 0 Å². The summed E-state index contributed by atoms with van der Waals surface area (Å²) >= 11 is 0. The van der Waals surface area contributed by atoms with Crippen LogP contribution in [-0.2, 0) is 4.74 Å². The van der Waals surface area contributed by atoms with Crippen LogP contribution in [0.5, 0.6) is 0 Å². The topological polar surface area (TPSA) is 83.1 Å². The minimum absolute atomic E-state index is 0.0280. The second-order valence-electron chi connectivity index (χ2n) is 4.93.